The molecule has 33 heavy (non-hydrogen) atoms. The van der Waals surface area contributed by atoms with Crippen molar-refractivity contribution < 1.29 is 32.0 Å². The molecule has 3 aromatic heterocycles. The number of fused-ring (bicyclic) bond motifs is 1. The lowest BCUT2D eigenvalue weighted by Gasteiger charge is -2.13. The van der Waals surface area contributed by atoms with E-state index in [2.05, 4.69) is 25.2 Å². The van der Waals surface area contributed by atoms with Crippen LogP contribution in [-0.2, 0) is 10.9 Å². The van der Waals surface area contributed by atoms with Crippen LogP contribution in [0.1, 0.15) is 37.0 Å². The predicted octanol–water partition coefficient (Wildman–Crippen LogP) is 5.02. The number of anilines is 1. The smallest absolute Gasteiger partial charge is 0.417 e. The van der Waals surface area contributed by atoms with E-state index in [0.717, 1.165) is 17.4 Å². The number of hydrogen-bond acceptors (Lipinski definition) is 8. The Morgan fingerprint density at radius 1 is 1.12 bits per heavy atom. The number of alkyl halides is 3. The van der Waals surface area contributed by atoms with Gasteiger partial charge in [0.15, 0.2) is 5.13 Å². The maximum Gasteiger partial charge on any atom is 0.417 e. The molecule has 0 bridgehead atoms. The minimum atomic E-state index is -4.63. The summed E-state index contributed by atoms with van der Waals surface area (Å²) < 4.78 is 50.5. The monoisotopic (exact) mass is 476 g/mol. The number of esters is 1. The summed E-state index contributed by atoms with van der Waals surface area (Å²) in [4.78, 5) is 33.5. The molecular weight excluding hydrogens is 461 g/mol. The quantitative estimate of drug-likeness (QED) is 0.412. The Morgan fingerprint density at radius 3 is 2.55 bits per heavy atom. The topological polar surface area (TPSA) is 107 Å². The first-order chi connectivity index (χ1) is 15.6. The molecular formula is C21H15F3N4O4S. The first kappa shape index (κ1) is 22.4. The molecule has 0 aliphatic carbocycles. The highest BCUT2D eigenvalue weighted by Crippen LogP contribution is 2.38. The molecule has 3 heterocycles. The third-order valence-corrected chi connectivity index (χ3v) is 5.81. The minimum Gasteiger partial charge on any atom is -0.465 e. The van der Waals surface area contributed by atoms with Gasteiger partial charge in [0.2, 0.25) is 0 Å². The summed E-state index contributed by atoms with van der Waals surface area (Å²) in [6, 6.07) is 6.14. The number of nitrogens with zero attached hydrogens (tertiary/aromatic N) is 3. The summed E-state index contributed by atoms with van der Waals surface area (Å²) in [5, 5.41) is 6.73. The summed E-state index contributed by atoms with van der Waals surface area (Å²) in [5.74, 6) is -1.28. The molecule has 0 saturated heterocycles. The maximum absolute atomic E-state index is 13.5. The Bertz CT molecular complexity index is 1390. The number of aryl methyl sites for hydroxylation is 2. The van der Waals surface area contributed by atoms with Gasteiger partial charge in [0.25, 0.3) is 11.6 Å². The number of rotatable bonds is 4. The normalized spacial score (nSPS) is 11.6. The van der Waals surface area contributed by atoms with Gasteiger partial charge in [0.05, 0.1) is 40.7 Å². The number of nitrogens with one attached hydrogen (secondary N) is 1. The van der Waals surface area contributed by atoms with Gasteiger partial charge in [-0.05, 0) is 26.0 Å². The van der Waals surface area contributed by atoms with Gasteiger partial charge in [-0.2, -0.15) is 13.2 Å². The fourth-order valence-electron chi connectivity index (χ4n) is 3.26. The van der Waals surface area contributed by atoms with Gasteiger partial charge < -0.3 is 9.26 Å². The second-order valence-electron chi connectivity index (χ2n) is 6.93. The molecule has 170 valence electrons. The van der Waals surface area contributed by atoms with Crippen LogP contribution in [0.5, 0.6) is 0 Å². The molecule has 0 unspecified atom stereocenters. The van der Waals surface area contributed by atoms with Gasteiger partial charge in [0.1, 0.15) is 4.88 Å². The van der Waals surface area contributed by atoms with Gasteiger partial charge in [-0.3, -0.25) is 10.1 Å². The van der Waals surface area contributed by atoms with Crippen LogP contribution in [0, 0.1) is 13.8 Å². The van der Waals surface area contributed by atoms with Crippen molar-refractivity contribution in [3.05, 3.63) is 57.7 Å². The maximum atomic E-state index is 13.5. The molecule has 0 aliphatic rings. The van der Waals surface area contributed by atoms with E-state index in [1.165, 1.54) is 31.4 Å². The number of hydrogen-bond donors (Lipinski definition) is 1. The Balaban J connectivity index is 1.81. The number of amides is 1. The molecule has 12 heteroatoms. The second-order valence-corrected chi connectivity index (χ2v) is 7.92. The number of carbonyl (C=O) groups is 2. The fourth-order valence-corrected chi connectivity index (χ4v) is 4.14. The first-order valence-corrected chi connectivity index (χ1v) is 10.2. The van der Waals surface area contributed by atoms with Crippen molar-refractivity contribution in [3.8, 4) is 11.3 Å². The number of aromatic nitrogens is 3. The third kappa shape index (κ3) is 4.16. The zero-order chi connectivity index (χ0) is 23.9. The molecule has 1 amide bonds. The molecule has 0 spiro atoms. The van der Waals surface area contributed by atoms with Crippen LogP contribution in [0.25, 0.3) is 22.4 Å². The Kier molecular flexibility index (Phi) is 5.62. The lowest BCUT2D eigenvalue weighted by atomic mass is 10.0. The zero-order valence-corrected chi connectivity index (χ0v) is 18.2. The highest BCUT2D eigenvalue weighted by atomic mass is 32.1. The van der Waals surface area contributed by atoms with Crippen molar-refractivity contribution in [2.24, 2.45) is 0 Å². The van der Waals surface area contributed by atoms with Crippen LogP contribution in [0.15, 0.2) is 34.9 Å². The predicted molar refractivity (Wildman–Crippen MR) is 113 cm³/mol. The Labute approximate surface area is 188 Å². The number of benzene rings is 1. The molecule has 4 rings (SSSR count). The van der Waals surface area contributed by atoms with Crippen LogP contribution in [0.3, 0.4) is 0 Å². The zero-order valence-electron chi connectivity index (χ0n) is 17.4. The Hall–Kier alpha value is -3.80. The molecule has 0 saturated carbocycles. The fraction of sp³-hybridized carbons (Fsp3) is 0.190. The van der Waals surface area contributed by atoms with Gasteiger partial charge in [-0.15, -0.1) is 0 Å². The van der Waals surface area contributed by atoms with Crippen molar-refractivity contribution >= 4 is 39.4 Å². The highest BCUT2D eigenvalue weighted by Gasteiger charge is 2.34. The molecule has 0 fully saturated rings. The molecule has 8 nitrogen and oxygen atoms in total. The molecule has 0 radical (unpaired) electrons. The van der Waals surface area contributed by atoms with Gasteiger partial charge in [-0.1, -0.05) is 34.7 Å². The van der Waals surface area contributed by atoms with E-state index in [1.54, 1.807) is 13.8 Å². The van der Waals surface area contributed by atoms with Crippen molar-refractivity contribution in [2.45, 2.75) is 20.0 Å². The van der Waals surface area contributed by atoms with E-state index in [0.29, 0.717) is 11.4 Å². The first-order valence-electron chi connectivity index (χ1n) is 9.41. The van der Waals surface area contributed by atoms with E-state index in [9.17, 15) is 22.8 Å². The number of pyridine rings is 1. The van der Waals surface area contributed by atoms with E-state index in [1.807, 2.05) is 0 Å². The number of ether oxygens (including phenoxy) is 1. The Morgan fingerprint density at radius 2 is 1.85 bits per heavy atom. The number of thiazole rings is 1. The second kappa shape index (κ2) is 8.28. The van der Waals surface area contributed by atoms with Crippen molar-refractivity contribution in [3.63, 3.8) is 0 Å². The average molecular weight is 476 g/mol. The van der Waals surface area contributed by atoms with Crippen LogP contribution in [0.4, 0.5) is 18.3 Å². The summed E-state index contributed by atoms with van der Waals surface area (Å²) >= 11 is 0.912. The van der Waals surface area contributed by atoms with Crippen molar-refractivity contribution in [1.82, 2.24) is 15.1 Å². The van der Waals surface area contributed by atoms with Gasteiger partial charge >= 0.3 is 12.1 Å². The van der Waals surface area contributed by atoms with Crippen LogP contribution >= 0.6 is 11.3 Å². The van der Waals surface area contributed by atoms with Crippen molar-refractivity contribution in [2.75, 3.05) is 12.4 Å². The highest BCUT2D eigenvalue weighted by molar-refractivity contribution is 7.17. The van der Waals surface area contributed by atoms with E-state index >= 15 is 0 Å². The van der Waals surface area contributed by atoms with E-state index in [-0.39, 0.29) is 37.9 Å². The lowest BCUT2D eigenvalue weighted by molar-refractivity contribution is -0.137. The molecule has 0 atom stereocenters. The third-order valence-electron chi connectivity index (χ3n) is 4.76. The summed E-state index contributed by atoms with van der Waals surface area (Å²) in [5.41, 5.74) is -0.615. The molecule has 1 aromatic carbocycles. The van der Waals surface area contributed by atoms with E-state index < -0.39 is 23.6 Å². The SMILES string of the molecule is COC(=O)c1sc(NC(=O)c2cc(-c3ccccc3C(F)(F)F)nc3onc(C)c23)nc1C. The van der Waals surface area contributed by atoms with Crippen LogP contribution < -0.4 is 5.32 Å². The summed E-state index contributed by atoms with van der Waals surface area (Å²) in [6.45, 7) is 3.16. The van der Waals surface area contributed by atoms with Gasteiger partial charge in [0, 0.05) is 5.56 Å². The largest absolute Gasteiger partial charge is 0.465 e. The van der Waals surface area contributed by atoms with Crippen LogP contribution in [-0.4, -0.2) is 34.1 Å². The van der Waals surface area contributed by atoms with E-state index in [4.69, 9.17) is 4.52 Å². The number of methoxy groups -OCH3 is 1. The molecule has 1 N–H and O–H groups in total. The average Bonchev–Trinajstić information content (AvgIpc) is 3.34. The lowest BCUT2D eigenvalue weighted by Crippen LogP contribution is -2.13. The molecule has 4 aromatic rings. The summed E-state index contributed by atoms with van der Waals surface area (Å²) in [7, 11) is 1.22. The minimum absolute atomic E-state index is 0.00167. The summed E-state index contributed by atoms with van der Waals surface area (Å²) in [6.07, 6.45) is -4.63. The van der Waals surface area contributed by atoms with Gasteiger partial charge in [-0.25, -0.2) is 14.8 Å². The molecule has 0 aliphatic heterocycles. The number of carbonyl (C=O) groups excluding carboxylic acids is 2. The standard InChI is InChI=1S/C21H15F3N4O4S/c1-9-15-12(17(29)27-20-25-10(2)16(33-20)19(30)31-3)8-14(26-18(15)32-28-9)11-6-4-5-7-13(11)21(22,23)24/h4-8H,1-3H3,(H,25,27,29). The van der Waals surface area contributed by atoms with Crippen molar-refractivity contribution in [1.29, 1.82) is 0 Å². The van der Waals surface area contributed by atoms with Crippen LogP contribution in [0.2, 0.25) is 0 Å². The number of halogens is 3.